The highest BCUT2D eigenvalue weighted by atomic mass is 31.1. The number of hydrogen-bond acceptors (Lipinski definition) is 4. The lowest BCUT2D eigenvalue weighted by Gasteiger charge is -2.36. The molecule has 47 heavy (non-hydrogen) atoms. The summed E-state index contributed by atoms with van der Waals surface area (Å²) >= 11 is 0. The fourth-order valence-corrected chi connectivity index (χ4v) is 7.64. The van der Waals surface area contributed by atoms with Gasteiger partial charge in [-0.15, -0.1) is 8.58 Å². The van der Waals surface area contributed by atoms with Crippen molar-refractivity contribution in [3.8, 4) is 0 Å². The van der Waals surface area contributed by atoms with Crippen LogP contribution < -0.4 is 0 Å². The van der Waals surface area contributed by atoms with E-state index in [4.69, 9.17) is 0 Å². The standard InChI is InChI=1S/C20H30O2.C20H28O2.C2H7P/c2*1-14(2)17-10-9-15(3)13-18(17)20(22)12-11-19(21)16-7-5-4-6-8-16;1-3-2/h4-8,14-15,17-19,21H,9-13H2,1-3H3;4-8,14-15,17-18H,9-13H2,1-3H3;3H,1-2H3/t15-,17+,18-,19+;15-,17+,18-;/m11./s1. The number of carbonyl (C=O) groups is 3. The molecule has 2 aromatic carbocycles. The van der Waals surface area contributed by atoms with Gasteiger partial charge in [-0.05, 0) is 86.5 Å². The summed E-state index contributed by atoms with van der Waals surface area (Å²) in [5, 5.41) is 10.2. The summed E-state index contributed by atoms with van der Waals surface area (Å²) in [6, 6.07) is 18.9. The fourth-order valence-electron chi connectivity index (χ4n) is 7.64. The quantitative estimate of drug-likeness (QED) is 0.181. The van der Waals surface area contributed by atoms with Gasteiger partial charge in [-0.25, -0.2) is 0 Å². The van der Waals surface area contributed by atoms with Gasteiger partial charge in [0.15, 0.2) is 5.78 Å². The van der Waals surface area contributed by atoms with Crippen LogP contribution in [0.15, 0.2) is 60.7 Å². The van der Waals surface area contributed by atoms with E-state index in [9.17, 15) is 19.5 Å². The van der Waals surface area contributed by atoms with E-state index in [-0.39, 0.29) is 17.6 Å². The van der Waals surface area contributed by atoms with Crippen molar-refractivity contribution in [2.24, 2.45) is 47.3 Å². The van der Waals surface area contributed by atoms with Gasteiger partial charge < -0.3 is 5.11 Å². The van der Waals surface area contributed by atoms with Gasteiger partial charge in [-0.2, -0.15) is 0 Å². The Morgan fingerprint density at radius 2 is 1.11 bits per heavy atom. The Morgan fingerprint density at radius 3 is 1.55 bits per heavy atom. The molecule has 1 N–H and O–H groups in total. The van der Waals surface area contributed by atoms with E-state index in [1.165, 1.54) is 19.3 Å². The zero-order valence-electron chi connectivity index (χ0n) is 30.7. The van der Waals surface area contributed by atoms with Crippen LogP contribution in [0.1, 0.15) is 128 Å². The first-order chi connectivity index (χ1) is 22.4. The third kappa shape index (κ3) is 14.1. The minimum Gasteiger partial charge on any atom is -0.388 e. The Labute approximate surface area is 289 Å². The molecule has 2 aliphatic carbocycles. The zero-order valence-corrected chi connectivity index (χ0v) is 31.7. The van der Waals surface area contributed by atoms with Gasteiger partial charge in [0, 0.05) is 36.7 Å². The van der Waals surface area contributed by atoms with Crippen LogP contribution in [0, 0.1) is 47.3 Å². The van der Waals surface area contributed by atoms with Crippen molar-refractivity contribution < 1.29 is 19.5 Å². The maximum absolute atomic E-state index is 12.7. The van der Waals surface area contributed by atoms with Crippen molar-refractivity contribution in [3.05, 3.63) is 71.8 Å². The predicted octanol–water partition coefficient (Wildman–Crippen LogP) is 10.6. The van der Waals surface area contributed by atoms with Gasteiger partial charge in [0.2, 0.25) is 0 Å². The number of ketones is 3. The fraction of sp³-hybridized carbons (Fsp3) is 0.643. The first-order valence-electron chi connectivity index (χ1n) is 18.3. The van der Waals surface area contributed by atoms with Crippen molar-refractivity contribution in [2.45, 2.75) is 112 Å². The normalized spacial score (nSPS) is 24.7. The van der Waals surface area contributed by atoms with Crippen LogP contribution in [0.3, 0.4) is 0 Å². The molecule has 4 nitrogen and oxygen atoms in total. The smallest absolute Gasteiger partial charge is 0.163 e. The molecule has 4 rings (SSSR count). The molecule has 262 valence electrons. The molecule has 2 fully saturated rings. The van der Waals surface area contributed by atoms with Crippen molar-refractivity contribution in [2.75, 3.05) is 13.3 Å². The molecule has 0 amide bonds. The third-order valence-corrected chi connectivity index (χ3v) is 10.4. The maximum atomic E-state index is 12.7. The van der Waals surface area contributed by atoms with Crippen molar-refractivity contribution in [3.63, 3.8) is 0 Å². The number of hydrogen-bond donors (Lipinski definition) is 1. The molecule has 2 aromatic rings. The number of aliphatic hydroxyl groups excluding tert-OH is 1. The summed E-state index contributed by atoms with van der Waals surface area (Å²) < 4.78 is 0. The van der Waals surface area contributed by atoms with E-state index in [2.05, 4.69) is 54.9 Å². The average Bonchev–Trinajstić information content (AvgIpc) is 3.06. The summed E-state index contributed by atoms with van der Waals surface area (Å²) in [5.41, 5.74) is 1.63. The number of rotatable bonds is 12. The molecule has 5 heteroatoms. The lowest BCUT2D eigenvalue weighted by Crippen LogP contribution is -2.33. The summed E-state index contributed by atoms with van der Waals surface area (Å²) in [6.45, 7) is 17.7. The topological polar surface area (TPSA) is 71.4 Å². The van der Waals surface area contributed by atoms with Crippen LogP contribution in [-0.2, 0) is 9.59 Å². The number of carbonyl (C=O) groups excluding carboxylic acids is 3. The largest absolute Gasteiger partial charge is 0.388 e. The molecule has 0 aromatic heterocycles. The molecule has 7 atom stereocenters. The van der Waals surface area contributed by atoms with Crippen molar-refractivity contribution >= 4 is 25.9 Å². The molecule has 0 bridgehead atoms. The van der Waals surface area contributed by atoms with Gasteiger partial charge in [0.1, 0.15) is 11.6 Å². The first-order valence-corrected chi connectivity index (χ1v) is 20.3. The molecule has 2 aliphatic rings. The van der Waals surface area contributed by atoms with E-state index >= 15 is 0 Å². The van der Waals surface area contributed by atoms with Gasteiger partial charge in [-0.1, -0.05) is 115 Å². The minimum atomic E-state index is -0.524. The van der Waals surface area contributed by atoms with E-state index in [0.29, 0.717) is 78.3 Å². The average molecular weight is 665 g/mol. The highest BCUT2D eigenvalue weighted by Crippen LogP contribution is 2.40. The zero-order chi connectivity index (χ0) is 34.9. The van der Waals surface area contributed by atoms with Crippen LogP contribution in [0.5, 0.6) is 0 Å². The van der Waals surface area contributed by atoms with Crippen LogP contribution >= 0.6 is 8.58 Å². The molecule has 0 spiro atoms. The number of benzene rings is 2. The SMILES string of the molecule is CC(C)[C@@H]1CC[C@@H](C)C[C@H]1C(=O)CCC(=O)c1ccccc1.CC(C)[C@@H]1CC[C@@H](C)C[C@H]1C(=O)CC[C@H](O)c1ccccc1.CPC. The second kappa shape index (κ2) is 21.7. The second-order valence-electron chi connectivity index (χ2n) is 15.1. The van der Waals surface area contributed by atoms with Crippen molar-refractivity contribution in [1.82, 2.24) is 0 Å². The molecule has 2 saturated carbocycles. The highest BCUT2D eigenvalue weighted by Gasteiger charge is 2.36. The molecule has 0 aliphatic heterocycles. The Hall–Kier alpha value is -2.16. The summed E-state index contributed by atoms with van der Waals surface area (Å²) in [5.74, 6) is 4.53. The lowest BCUT2D eigenvalue weighted by atomic mass is 9.68. The molecule has 0 heterocycles. The molecular formula is C42H65O4P. The molecule has 0 saturated heterocycles. The van der Waals surface area contributed by atoms with Gasteiger partial charge in [0.05, 0.1) is 6.10 Å². The van der Waals surface area contributed by atoms with Gasteiger partial charge in [-0.3, -0.25) is 14.4 Å². The summed E-state index contributed by atoms with van der Waals surface area (Å²) in [7, 11) is 1.08. The van der Waals surface area contributed by atoms with E-state index in [1.807, 2.05) is 60.7 Å². The van der Waals surface area contributed by atoms with Crippen LogP contribution in [0.4, 0.5) is 0 Å². The van der Waals surface area contributed by atoms with E-state index < -0.39 is 6.10 Å². The van der Waals surface area contributed by atoms with E-state index in [0.717, 1.165) is 33.4 Å². The van der Waals surface area contributed by atoms with Crippen LogP contribution in [0.25, 0.3) is 0 Å². The highest BCUT2D eigenvalue weighted by molar-refractivity contribution is 7.35. The predicted molar refractivity (Wildman–Crippen MR) is 200 cm³/mol. The van der Waals surface area contributed by atoms with Crippen LogP contribution in [-0.4, -0.2) is 35.8 Å². The van der Waals surface area contributed by atoms with Gasteiger partial charge in [0.25, 0.3) is 0 Å². The van der Waals surface area contributed by atoms with Crippen molar-refractivity contribution in [1.29, 1.82) is 0 Å². The second-order valence-corrected chi connectivity index (χ2v) is 16.1. The number of aliphatic hydroxyl groups is 1. The Kier molecular flexibility index (Phi) is 19.0. The van der Waals surface area contributed by atoms with Crippen LogP contribution in [0.2, 0.25) is 0 Å². The molecule has 0 unspecified atom stereocenters. The minimum absolute atomic E-state index is 0.0823. The van der Waals surface area contributed by atoms with E-state index in [1.54, 1.807) is 0 Å². The Morgan fingerprint density at radius 1 is 0.681 bits per heavy atom. The first kappa shape index (κ1) is 41.0. The third-order valence-electron chi connectivity index (χ3n) is 10.4. The van der Waals surface area contributed by atoms with Gasteiger partial charge >= 0.3 is 0 Å². The number of Topliss-reactive ketones (excluding diaryl/α,β-unsaturated/α-hetero) is 3. The summed E-state index contributed by atoms with van der Waals surface area (Å²) in [6.07, 6.45) is 8.10. The Balaban J connectivity index is 0.000000302. The lowest BCUT2D eigenvalue weighted by molar-refractivity contribution is -0.128. The summed E-state index contributed by atoms with van der Waals surface area (Å²) in [4.78, 5) is 37.5. The Bertz CT molecular complexity index is 1180. The monoisotopic (exact) mass is 664 g/mol. The molecular weight excluding hydrogens is 599 g/mol. The maximum Gasteiger partial charge on any atom is 0.163 e. The molecule has 0 radical (unpaired) electrons.